The van der Waals surface area contributed by atoms with E-state index in [1.165, 1.54) is 49.0 Å². The van der Waals surface area contributed by atoms with Crippen molar-refractivity contribution in [2.75, 3.05) is 66.0 Å². The number of sulfone groups is 2. The smallest absolute Gasteiger partial charge is 0.251 e. The molecule has 123 heavy (non-hydrogen) atoms. The number of rotatable bonds is 27. The number of H-pyrrole nitrogens is 3. The molecule has 2 amide bonds. The average Bonchev–Trinajstić information content (AvgIpc) is 1.57. The van der Waals surface area contributed by atoms with Gasteiger partial charge in [0, 0.05) is 175 Å². The number of aromatic amines is 3. The molecule has 0 bridgehead atoms. The Morgan fingerprint density at radius 1 is 0.488 bits per heavy atom. The molecule has 7 heterocycles. The summed E-state index contributed by atoms with van der Waals surface area (Å²) in [5.74, 6) is -1.53. The molecule has 0 unspecified atom stereocenters. The minimum absolute atomic E-state index is 0.0418. The van der Waals surface area contributed by atoms with Crippen LogP contribution in [0.1, 0.15) is 115 Å². The highest BCUT2D eigenvalue weighted by molar-refractivity contribution is 7.91. The van der Waals surface area contributed by atoms with Crippen LogP contribution < -0.4 is 10.6 Å². The van der Waals surface area contributed by atoms with Crippen LogP contribution in [0.15, 0.2) is 213 Å². The van der Waals surface area contributed by atoms with Crippen LogP contribution in [-0.2, 0) is 56.7 Å². The number of benzene rings is 9. The second-order valence-corrected chi connectivity index (χ2v) is 38.0. The minimum Gasteiger partial charge on any atom is -0.384 e. The van der Waals surface area contributed by atoms with Crippen LogP contribution in [-0.4, -0.2) is 171 Å². The predicted octanol–water partition coefficient (Wildman–Crippen LogP) is 17.0. The van der Waals surface area contributed by atoms with E-state index >= 15 is 0 Å². The number of fused-ring (bicyclic) bond motifs is 6. The van der Waals surface area contributed by atoms with Gasteiger partial charge in [-0.2, -0.15) is 20.4 Å². The maximum absolute atomic E-state index is 14.0. The number of ether oxygens (including phenoxy) is 3. The molecule has 1 saturated carbocycles. The molecule has 29 heteroatoms. The first-order chi connectivity index (χ1) is 58.8. The van der Waals surface area contributed by atoms with E-state index in [1.54, 1.807) is 112 Å². The van der Waals surface area contributed by atoms with E-state index in [0.717, 1.165) is 139 Å². The van der Waals surface area contributed by atoms with E-state index in [2.05, 4.69) is 143 Å². The maximum Gasteiger partial charge on any atom is 0.251 e. The van der Waals surface area contributed by atoms with Crippen LogP contribution in [0.2, 0.25) is 0 Å². The van der Waals surface area contributed by atoms with Gasteiger partial charge in [-0.25, -0.2) is 35.0 Å². The molecule has 5 N–H and O–H groups in total. The monoisotopic (exact) mass is 1700 g/mol. The second-order valence-electron chi connectivity index (χ2n) is 33.4. The first-order valence-corrected chi connectivity index (χ1v) is 44.2. The third-order valence-corrected chi connectivity index (χ3v) is 25.2. The molecule has 0 atom stereocenters. The van der Waals surface area contributed by atoms with Gasteiger partial charge in [-0.1, -0.05) is 90.1 Å². The van der Waals surface area contributed by atoms with Crippen LogP contribution in [0, 0.1) is 17.5 Å². The lowest BCUT2D eigenvalue weighted by molar-refractivity contribution is 0.0915. The Morgan fingerprint density at radius 2 is 0.846 bits per heavy atom. The molecule has 9 aromatic carbocycles. The highest BCUT2D eigenvalue weighted by Gasteiger charge is 2.39. The highest BCUT2D eigenvalue weighted by Crippen LogP contribution is 2.49. The molecule has 1 fully saturated rings. The zero-order valence-electron chi connectivity index (χ0n) is 70.0. The standard InChI is InChI=1S/C32H31FN6O2.C32H33FN4O4S.C30H31FN4O4S/c1-32(2,18-41-3)31-30(22-8-6-21(7-9-22)29(40)5-4-14-38-20-34-19-36-38)26-16-27-23(17-35-37-27)15-28(26)39(31)25-12-10-24(33)11-13-25;1-32(2,18-41-3)30-29(19-5-7-20(8-6-19)31(38)35-23-14-25(15-23)42(4,39)40)26-16-27-21(17-34-36-27)13-28(26)37(30)24-11-9-22(33)10-12-24;1-30(2,18-39-3)28-27(19-5-7-20(8-6-19)29(36)32-13-14-40(4,37)38)24-16-25-21(17-33-34-25)15-26(24)35(28)23-11-9-22(31)10-12-23/h6-13,15-17,19-20H,4-5,14,18H2,1-3H3,(H,35,37);5-13,16-17,23,25H,14-15,18H2,1-4H3,(H,34,36)(H,35,38);5-12,15-17H,13-14,18H2,1-4H3,(H,32,36)(H,33,34). The largest absolute Gasteiger partial charge is 0.384 e. The Labute approximate surface area is 709 Å². The van der Waals surface area contributed by atoms with Crippen LogP contribution in [0.3, 0.4) is 0 Å². The van der Waals surface area contributed by atoms with Crippen molar-refractivity contribution >= 4 is 103 Å². The molecule has 7 aromatic heterocycles. The lowest BCUT2D eigenvalue weighted by atomic mass is 9.84. The van der Waals surface area contributed by atoms with Gasteiger partial charge in [0.1, 0.15) is 49.8 Å². The van der Waals surface area contributed by atoms with Gasteiger partial charge in [-0.15, -0.1) is 0 Å². The summed E-state index contributed by atoms with van der Waals surface area (Å²) in [4.78, 5) is 42.6. The number of aromatic nitrogens is 12. The summed E-state index contributed by atoms with van der Waals surface area (Å²) in [5, 5.41) is 37.1. The number of carbonyl (C=O) groups is 3. The molecule has 0 radical (unpaired) electrons. The van der Waals surface area contributed by atoms with E-state index in [0.29, 0.717) is 68.7 Å². The zero-order chi connectivity index (χ0) is 87.0. The first-order valence-electron chi connectivity index (χ1n) is 40.2. The molecule has 1 aliphatic carbocycles. The second kappa shape index (κ2) is 34.7. The van der Waals surface area contributed by atoms with Gasteiger partial charge in [-0.3, -0.25) is 34.4 Å². The number of hydrogen-bond acceptors (Lipinski definition) is 15. The number of aryl methyl sites for hydroxylation is 1. The number of hydrogen-bond donors (Lipinski definition) is 5. The van der Waals surface area contributed by atoms with Crippen molar-refractivity contribution in [3.63, 3.8) is 0 Å². The van der Waals surface area contributed by atoms with Crippen LogP contribution >= 0.6 is 0 Å². The number of Topliss-reactive ketones (excluding diaryl/α,β-unsaturated/α-hetero) is 1. The summed E-state index contributed by atoms with van der Waals surface area (Å²) in [6.07, 6.45) is 12.9. The fraction of sp³-hybridized carbons (Fsp3) is 0.277. The topological polar surface area (TPSA) is 303 Å². The van der Waals surface area contributed by atoms with Crippen molar-refractivity contribution in [3.05, 3.63) is 264 Å². The molecule has 0 spiro atoms. The molecular formula is C94H95F3N14O10S2. The fourth-order valence-corrected chi connectivity index (χ4v) is 18.5. The lowest BCUT2D eigenvalue weighted by Crippen LogP contribution is -2.49. The maximum atomic E-state index is 14.0. The Bertz CT molecular complexity index is 6830. The summed E-state index contributed by atoms with van der Waals surface area (Å²) in [7, 11) is -1.23. The van der Waals surface area contributed by atoms with Crippen molar-refractivity contribution in [1.82, 2.24) is 69.7 Å². The quantitative estimate of drug-likeness (QED) is 0.0299. The van der Waals surface area contributed by atoms with E-state index in [9.17, 15) is 44.4 Å². The number of amides is 2. The van der Waals surface area contributed by atoms with Gasteiger partial charge in [-0.05, 0) is 169 Å². The van der Waals surface area contributed by atoms with E-state index in [4.69, 9.17) is 14.2 Å². The molecule has 17 rings (SSSR count). The summed E-state index contributed by atoms with van der Waals surface area (Å²) in [6, 6.07) is 54.3. The summed E-state index contributed by atoms with van der Waals surface area (Å²) in [6.45, 7) is 14.8. The Hall–Kier alpha value is -12.7. The Morgan fingerprint density at radius 3 is 1.18 bits per heavy atom. The first kappa shape index (κ1) is 85.3. The summed E-state index contributed by atoms with van der Waals surface area (Å²) >= 11 is 0. The molecule has 0 aliphatic heterocycles. The van der Waals surface area contributed by atoms with Gasteiger partial charge in [0.15, 0.2) is 5.78 Å². The normalized spacial score (nSPS) is 14.0. The van der Waals surface area contributed by atoms with E-state index < -0.39 is 35.9 Å². The van der Waals surface area contributed by atoms with Gasteiger partial charge in [0.25, 0.3) is 11.8 Å². The highest BCUT2D eigenvalue weighted by atomic mass is 32.2. The summed E-state index contributed by atoms with van der Waals surface area (Å²) < 4.78 is 113. The molecule has 634 valence electrons. The summed E-state index contributed by atoms with van der Waals surface area (Å²) in [5.41, 5.74) is 17.0. The number of nitrogens with zero attached hydrogens (tertiary/aromatic N) is 9. The molecule has 1 aliphatic rings. The van der Waals surface area contributed by atoms with Crippen LogP contribution in [0.25, 0.3) is 116 Å². The molecular weight excluding hydrogens is 1610 g/mol. The van der Waals surface area contributed by atoms with E-state index in [1.807, 2.05) is 48.5 Å². The predicted molar refractivity (Wildman–Crippen MR) is 474 cm³/mol. The fourth-order valence-electron chi connectivity index (χ4n) is 16.9. The molecule has 16 aromatic rings. The van der Waals surface area contributed by atoms with Crippen molar-refractivity contribution in [1.29, 1.82) is 0 Å². The van der Waals surface area contributed by atoms with E-state index in [-0.39, 0.29) is 58.6 Å². The number of methoxy groups -OCH3 is 3. The van der Waals surface area contributed by atoms with Gasteiger partial charge in [0.05, 0.1) is 82.5 Å². The van der Waals surface area contributed by atoms with Crippen LogP contribution in [0.5, 0.6) is 0 Å². The average molecular weight is 1700 g/mol. The third kappa shape index (κ3) is 17.9. The van der Waals surface area contributed by atoms with Crippen molar-refractivity contribution in [2.24, 2.45) is 0 Å². The number of nitrogens with one attached hydrogen (secondary N) is 5. The Kier molecular flexibility index (Phi) is 24.1. The molecule has 24 nitrogen and oxygen atoms in total. The van der Waals surface area contributed by atoms with Gasteiger partial charge in [0.2, 0.25) is 0 Å². The minimum atomic E-state index is -3.18. The van der Waals surface area contributed by atoms with Crippen LogP contribution in [0.4, 0.5) is 13.2 Å². The lowest BCUT2D eigenvalue weighted by Gasteiger charge is -2.34. The van der Waals surface area contributed by atoms with Gasteiger partial charge < -0.3 is 38.5 Å². The third-order valence-electron chi connectivity index (χ3n) is 22.7. The van der Waals surface area contributed by atoms with Crippen molar-refractivity contribution in [3.8, 4) is 50.4 Å². The zero-order valence-corrected chi connectivity index (χ0v) is 71.6. The van der Waals surface area contributed by atoms with Gasteiger partial charge >= 0.3 is 0 Å². The Balaban J connectivity index is 0.000000143. The molecule has 0 saturated heterocycles. The van der Waals surface area contributed by atoms with Crippen molar-refractivity contribution in [2.45, 2.75) is 101 Å². The number of halogens is 3. The SMILES string of the molecule is COCC(C)(C)c1c(-c2ccc(C(=O)CCCn3cncn3)cc2)c2cc3[nH]ncc3cc2n1-c1ccc(F)cc1.COCC(C)(C)c1c(-c2ccc(C(=O)NC3CC(S(C)(=O)=O)C3)cc2)c2cc3[nH]ncc3cc2n1-c1ccc(F)cc1.COCC(C)(C)c1c(-c2ccc(C(=O)NCCS(C)(=O)=O)cc2)c2cc3[nH]ncc3cc2n1-c1ccc(F)cc1. The number of ketones is 1. The number of carbonyl (C=O) groups excluding carboxylic acids is 3. The van der Waals surface area contributed by atoms with Crippen molar-refractivity contribution < 1.29 is 58.6 Å².